The highest BCUT2D eigenvalue weighted by atomic mass is 32.2. The standard InChI is InChI=1S/C15H17FN2O3S/c1-21-15(11-2-4-12(16)5-3-11)10-18-22(19,20)14-8-6-13(17)7-9-14/h2-9,15,18H,10,17H2,1H3/t15-/m1/s1. The summed E-state index contributed by atoms with van der Waals surface area (Å²) in [6, 6.07) is 11.6. The average molecular weight is 324 g/mol. The van der Waals surface area contributed by atoms with Gasteiger partial charge in [-0.15, -0.1) is 0 Å². The molecule has 3 N–H and O–H groups in total. The highest BCUT2D eigenvalue weighted by Crippen LogP contribution is 2.18. The molecule has 7 heteroatoms. The van der Waals surface area contributed by atoms with Crippen LogP contribution in [0.15, 0.2) is 53.4 Å². The Morgan fingerprint density at radius 3 is 2.27 bits per heavy atom. The number of benzene rings is 2. The predicted molar refractivity (Wildman–Crippen MR) is 82.2 cm³/mol. The van der Waals surface area contributed by atoms with E-state index in [-0.39, 0.29) is 17.3 Å². The minimum Gasteiger partial charge on any atom is -0.399 e. The van der Waals surface area contributed by atoms with E-state index in [1.54, 1.807) is 12.1 Å². The van der Waals surface area contributed by atoms with Crippen molar-refractivity contribution in [2.45, 2.75) is 11.0 Å². The maximum atomic E-state index is 12.9. The molecule has 0 spiro atoms. The van der Waals surface area contributed by atoms with Crippen molar-refractivity contribution in [3.8, 4) is 0 Å². The Kier molecular flexibility index (Phi) is 5.12. The molecule has 0 saturated heterocycles. The molecule has 0 saturated carbocycles. The lowest BCUT2D eigenvalue weighted by molar-refractivity contribution is 0.107. The first-order chi connectivity index (χ1) is 10.4. The molecule has 0 unspecified atom stereocenters. The molecule has 5 nitrogen and oxygen atoms in total. The molecule has 0 aliphatic heterocycles. The van der Waals surface area contributed by atoms with Crippen LogP contribution in [-0.4, -0.2) is 22.1 Å². The lowest BCUT2D eigenvalue weighted by Gasteiger charge is -2.16. The molecule has 22 heavy (non-hydrogen) atoms. The van der Waals surface area contributed by atoms with Gasteiger partial charge in [0.2, 0.25) is 10.0 Å². The molecular formula is C15H17FN2O3S. The minimum absolute atomic E-state index is 0.0365. The van der Waals surface area contributed by atoms with Gasteiger partial charge >= 0.3 is 0 Å². The van der Waals surface area contributed by atoms with Gasteiger partial charge < -0.3 is 10.5 Å². The van der Waals surface area contributed by atoms with E-state index < -0.39 is 16.1 Å². The number of hydrogen-bond acceptors (Lipinski definition) is 4. The Morgan fingerprint density at radius 1 is 1.14 bits per heavy atom. The van der Waals surface area contributed by atoms with E-state index in [1.807, 2.05) is 0 Å². The van der Waals surface area contributed by atoms with Gasteiger partial charge in [0.25, 0.3) is 0 Å². The molecule has 0 bridgehead atoms. The van der Waals surface area contributed by atoms with Crippen LogP contribution in [0.3, 0.4) is 0 Å². The Bertz CT molecular complexity index is 715. The first-order valence-electron chi connectivity index (χ1n) is 6.56. The van der Waals surface area contributed by atoms with E-state index in [2.05, 4.69) is 4.72 Å². The van der Waals surface area contributed by atoms with Crippen molar-refractivity contribution in [1.82, 2.24) is 4.72 Å². The summed E-state index contributed by atoms with van der Waals surface area (Å²) < 4.78 is 45.0. The number of halogens is 1. The van der Waals surface area contributed by atoms with Crippen molar-refractivity contribution in [1.29, 1.82) is 0 Å². The second kappa shape index (κ2) is 6.87. The third-order valence-electron chi connectivity index (χ3n) is 3.18. The fourth-order valence-electron chi connectivity index (χ4n) is 1.93. The monoisotopic (exact) mass is 324 g/mol. The van der Waals surface area contributed by atoms with E-state index in [0.29, 0.717) is 11.3 Å². The zero-order valence-corrected chi connectivity index (χ0v) is 12.8. The van der Waals surface area contributed by atoms with Crippen molar-refractivity contribution in [3.63, 3.8) is 0 Å². The first-order valence-corrected chi connectivity index (χ1v) is 8.04. The van der Waals surface area contributed by atoms with Gasteiger partial charge in [0, 0.05) is 19.3 Å². The fourth-order valence-corrected chi connectivity index (χ4v) is 2.96. The summed E-state index contributed by atoms with van der Waals surface area (Å²) in [5, 5.41) is 0. The predicted octanol–water partition coefficient (Wildman–Crippen LogP) is 2.07. The summed E-state index contributed by atoms with van der Waals surface area (Å²) in [6.45, 7) is 0.0365. The van der Waals surface area contributed by atoms with Crippen LogP contribution in [0.1, 0.15) is 11.7 Å². The van der Waals surface area contributed by atoms with E-state index in [1.165, 1.54) is 43.5 Å². The first kappa shape index (κ1) is 16.4. The van der Waals surface area contributed by atoms with Crippen molar-refractivity contribution in [2.75, 3.05) is 19.4 Å². The molecule has 1 atom stereocenters. The van der Waals surface area contributed by atoms with Gasteiger partial charge in [-0.05, 0) is 42.0 Å². The van der Waals surface area contributed by atoms with Gasteiger partial charge in [-0.1, -0.05) is 12.1 Å². The largest absolute Gasteiger partial charge is 0.399 e. The average Bonchev–Trinajstić information content (AvgIpc) is 2.50. The van der Waals surface area contributed by atoms with Crippen molar-refractivity contribution in [2.24, 2.45) is 0 Å². The van der Waals surface area contributed by atoms with Crippen LogP contribution in [0.2, 0.25) is 0 Å². The number of anilines is 1. The van der Waals surface area contributed by atoms with Gasteiger partial charge in [-0.2, -0.15) is 0 Å². The highest BCUT2D eigenvalue weighted by molar-refractivity contribution is 7.89. The van der Waals surface area contributed by atoms with Gasteiger partial charge in [0.1, 0.15) is 5.82 Å². The van der Waals surface area contributed by atoms with Crippen molar-refractivity contribution in [3.05, 3.63) is 59.9 Å². The molecule has 2 aromatic rings. The third-order valence-corrected chi connectivity index (χ3v) is 4.61. The van der Waals surface area contributed by atoms with Crippen LogP contribution in [0.4, 0.5) is 10.1 Å². The van der Waals surface area contributed by atoms with Gasteiger partial charge in [0.05, 0.1) is 11.0 Å². The normalized spacial score (nSPS) is 13.0. The number of nitrogen functional groups attached to an aromatic ring is 1. The molecule has 0 amide bonds. The Hall–Kier alpha value is -1.96. The maximum absolute atomic E-state index is 12.9. The SMILES string of the molecule is CO[C@H](CNS(=O)(=O)c1ccc(N)cc1)c1ccc(F)cc1. The molecule has 0 aliphatic carbocycles. The second-order valence-electron chi connectivity index (χ2n) is 4.70. The van der Waals surface area contributed by atoms with Gasteiger partial charge in [0.15, 0.2) is 0 Å². The van der Waals surface area contributed by atoms with Crippen LogP contribution in [-0.2, 0) is 14.8 Å². The molecule has 0 heterocycles. The number of nitrogens with one attached hydrogen (secondary N) is 1. The topological polar surface area (TPSA) is 81.4 Å². The molecule has 2 aromatic carbocycles. The molecule has 0 fully saturated rings. The van der Waals surface area contributed by atoms with Gasteiger partial charge in [-0.3, -0.25) is 0 Å². The zero-order valence-electron chi connectivity index (χ0n) is 12.0. The van der Waals surface area contributed by atoms with E-state index in [0.717, 1.165) is 0 Å². The third kappa shape index (κ3) is 4.03. The fraction of sp³-hybridized carbons (Fsp3) is 0.200. The van der Waals surface area contributed by atoms with Gasteiger partial charge in [-0.25, -0.2) is 17.5 Å². The van der Waals surface area contributed by atoms with Crippen LogP contribution < -0.4 is 10.5 Å². The molecule has 0 aromatic heterocycles. The summed E-state index contributed by atoms with van der Waals surface area (Å²) >= 11 is 0. The lowest BCUT2D eigenvalue weighted by atomic mass is 10.1. The zero-order chi connectivity index (χ0) is 16.2. The Labute approximate surface area is 129 Å². The number of nitrogens with two attached hydrogens (primary N) is 1. The number of sulfonamides is 1. The summed E-state index contributed by atoms with van der Waals surface area (Å²) in [4.78, 5) is 0.121. The summed E-state index contributed by atoms with van der Waals surface area (Å²) in [7, 11) is -2.19. The lowest BCUT2D eigenvalue weighted by Crippen LogP contribution is -2.29. The van der Waals surface area contributed by atoms with Crippen LogP contribution >= 0.6 is 0 Å². The maximum Gasteiger partial charge on any atom is 0.240 e. The summed E-state index contributed by atoms with van der Waals surface area (Å²) in [6.07, 6.45) is -0.510. The van der Waals surface area contributed by atoms with E-state index in [4.69, 9.17) is 10.5 Å². The number of methoxy groups -OCH3 is 1. The molecule has 0 aliphatic rings. The number of rotatable bonds is 6. The van der Waals surface area contributed by atoms with Crippen LogP contribution in [0.25, 0.3) is 0 Å². The molecular weight excluding hydrogens is 307 g/mol. The van der Waals surface area contributed by atoms with E-state index >= 15 is 0 Å². The number of ether oxygens (including phenoxy) is 1. The van der Waals surface area contributed by atoms with Crippen molar-refractivity contribution < 1.29 is 17.5 Å². The van der Waals surface area contributed by atoms with E-state index in [9.17, 15) is 12.8 Å². The van der Waals surface area contributed by atoms with Crippen molar-refractivity contribution >= 4 is 15.7 Å². The van der Waals surface area contributed by atoms with Crippen LogP contribution in [0.5, 0.6) is 0 Å². The summed E-state index contributed by atoms with van der Waals surface area (Å²) in [5.41, 5.74) is 6.71. The molecule has 0 radical (unpaired) electrons. The highest BCUT2D eigenvalue weighted by Gasteiger charge is 2.18. The number of hydrogen-bond donors (Lipinski definition) is 2. The Morgan fingerprint density at radius 2 is 1.73 bits per heavy atom. The summed E-state index contributed by atoms with van der Waals surface area (Å²) in [5.74, 6) is -0.360. The molecule has 2 rings (SSSR count). The quantitative estimate of drug-likeness (QED) is 0.797. The Balaban J connectivity index is 2.09. The smallest absolute Gasteiger partial charge is 0.240 e. The molecule has 118 valence electrons. The minimum atomic E-state index is -3.66. The van der Waals surface area contributed by atoms with Crippen LogP contribution in [0, 0.1) is 5.82 Å². The second-order valence-corrected chi connectivity index (χ2v) is 6.46.